The maximum Gasteiger partial charge on any atom is 0.310 e. The molecule has 1 aromatic rings. The van der Waals surface area contributed by atoms with Gasteiger partial charge >= 0.3 is 5.97 Å². The Kier molecular flexibility index (Phi) is 4.13. The van der Waals surface area contributed by atoms with Crippen molar-refractivity contribution in [2.75, 3.05) is 25.1 Å². The molecule has 7 heteroatoms. The average Bonchev–Trinajstić information content (AvgIpc) is 2.89. The third kappa shape index (κ3) is 2.70. The van der Waals surface area contributed by atoms with Crippen molar-refractivity contribution in [1.82, 2.24) is 0 Å². The Bertz CT molecular complexity index is 562. The first-order valence-electron chi connectivity index (χ1n) is 6.21. The molecule has 6 nitrogen and oxygen atoms in total. The topological polar surface area (TPSA) is 72.7 Å². The number of halogens is 1. The number of ether oxygens (including phenoxy) is 1. The van der Waals surface area contributed by atoms with Crippen molar-refractivity contribution >= 4 is 28.9 Å². The summed E-state index contributed by atoms with van der Waals surface area (Å²) < 4.78 is 4.74. The van der Waals surface area contributed by atoms with Crippen LogP contribution in [0, 0.1) is 23.0 Å². The minimum Gasteiger partial charge on any atom is -0.469 e. The number of hydrogen-bond acceptors (Lipinski definition) is 5. The second kappa shape index (κ2) is 5.66. The molecule has 1 saturated heterocycles. The molecule has 1 aromatic carbocycles. The normalized spacial score (nSPS) is 18.1. The lowest BCUT2D eigenvalue weighted by Gasteiger charge is -2.20. The number of nitro groups is 1. The van der Waals surface area contributed by atoms with Crippen LogP contribution in [0.1, 0.15) is 12.0 Å². The SMILES string of the molecule is COC(=O)C1CCN(c2cc(Cl)c([N+](=O)[O-])cc2C)C1. The monoisotopic (exact) mass is 298 g/mol. The zero-order valence-electron chi connectivity index (χ0n) is 11.3. The van der Waals surface area contributed by atoms with Crippen LogP contribution < -0.4 is 4.90 Å². The Morgan fingerprint density at radius 3 is 2.85 bits per heavy atom. The average molecular weight is 299 g/mol. The van der Waals surface area contributed by atoms with Gasteiger partial charge in [-0.3, -0.25) is 14.9 Å². The first kappa shape index (κ1) is 14.6. The Morgan fingerprint density at radius 2 is 2.25 bits per heavy atom. The largest absolute Gasteiger partial charge is 0.469 e. The molecule has 0 amide bonds. The number of methoxy groups -OCH3 is 1. The van der Waals surface area contributed by atoms with E-state index in [0.717, 1.165) is 11.3 Å². The lowest BCUT2D eigenvalue weighted by atomic mass is 10.1. The van der Waals surface area contributed by atoms with Crippen molar-refractivity contribution in [1.29, 1.82) is 0 Å². The molecule has 1 unspecified atom stereocenters. The Balaban J connectivity index is 2.25. The second-order valence-electron chi connectivity index (χ2n) is 4.80. The minimum absolute atomic E-state index is 0.100. The number of carbonyl (C=O) groups is 1. The summed E-state index contributed by atoms with van der Waals surface area (Å²) in [5.74, 6) is -0.383. The molecule has 1 aliphatic heterocycles. The predicted molar refractivity (Wildman–Crippen MR) is 75.2 cm³/mol. The molecule has 20 heavy (non-hydrogen) atoms. The molecule has 2 rings (SSSR count). The number of aryl methyl sites for hydroxylation is 1. The molecule has 108 valence electrons. The first-order chi connectivity index (χ1) is 9.43. The fourth-order valence-electron chi connectivity index (χ4n) is 2.47. The molecule has 0 spiro atoms. The number of nitrogens with zero attached hydrogens (tertiary/aromatic N) is 2. The van der Waals surface area contributed by atoms with Crippen LogP contribution in [0.15, 0.2) is 12.1 Å². The highest BCUT2D eigenvalue weighted by molar-refractivity contribution is 6.33. The van der Waals surface area contributed by atoms with Crippen LogP contribution in [0.4, 0.5) is 11.4 Å². The highest BCUT2D eigenvalue weighted by Gasteiger charge is 2.30. The van der Waals surface area contributed by atoms with Crippen molar-refractivity contribution < 1.29 is 14.5 Å². The van der Waals surface area contributed by atoms with Gasteiger partial charge in [0.2, 0.25) is 0 Å². The van der Waals surface area contributed by atoms with Gasteiger partial charge in [0.05, 0.1) is 18.0 Å². The highest BCUT2D eigenvalue weighted by Crippen LogP contribution is 2.34. The number of esters is 1. The first-order valence-corrected chi connectivity index (χ1v) is 6.59. The zero-order valence-corrected chi connectivity index (χ0v) is 12.0. The molecule has 1 fully saturated rings. The summed E-state index contributed by atoms with van der Waals surface area (Å²) in [6.45, 7) is 3.04. The van der Waals surface area contributed by atoms with Gasteiger partial charge in [-0.05, 0) is 25.0 Å². The van der Waals surface area contributed by atoms with E-state index in [1.807, 2.05) is 4.90 Å². The molecule has 0 saturated carbocycles. The van der Waals surface area contributed by atoms with Gasteiger partial charge in [-0.2, -0.15) is 0 Å². The summed E-state index contributed by atoms with van der Waals surface area (Å²) in [7, 11) is 1.37. The summed E-state index contributed by atoms with van der Waals surface area (Å²) in [6, 6.07) is 3.05. The van der Waals surface area contributed by atoms with Crippen LogP contribution in [-0.2, 0) is 9.53 Å². The van der Waals surface area contributed by atoms with Gasteiger partial charge in [0, 0.05) is 24.8 Å². The van der Waals surface area contributed by atoms with Crippen LogP contribution in [-0.4, -0.2) is 31.1 Å². The number of anilines is 1. The zero-order chi connectivity index (χ0) is 14.9. The maximum atomic E-state index is 11.5. The minimum atomic E-state index is -0.500. The van der Waals surface area contributed by atoms with Gasteiger partial charge in [0.1, 0.15) is 5.02 Å². The Hall–Kier alpha value is -1.82. The van der Waals surface area contributed by atoms with Crippen LogP contribution in [0.25, 0.3) is 0 Å². The smallest absolute Gasteiger partial charge is 0.310 e. The molecule has 0 aromatic heterocycles. The standard InChI is InChI=1S/C13H15ClN2O4/c1-8-5-12(16(18)19)10(14)6-11(8)15-4-3-9(7-15)13(17)20-2/h5-6,9H,3-4,7H2,1-2H3. The lowest BCUT2D eigenvalue weighted by Crippen LogP contribution is -2.24. The summed E-state index contributed by atoms with van der Waals surface area (Å²) in [5.41, 5.74) is 1.50. The van der Waals surface area contributed by atoms with Crippen molar-refractivity contribution in [2.45, 2.75) is 13.3 Å². The van der Waals surface area contributed by atoms with E-state index in [4.69, 9.17) is 16.3 Å². The van der Waals surface area contributed by atoms with Crippen molar-refractivity contribution in [3.8, 4) is 0 Å². The highest BCUT2D eigenvalue weighted by atomic mass is 35.5. The second-order valence-corrected chi connectivity index (χ2v) is 5.21. The summed E-state index contributed by atoms with van der Waals surface area (Å²) in [5, 5.41) is 10.9. The van der Waals surface area contributed by atoms with Crippen molar-refractivity contribution in [3.63, 3.8) is 0 Å². The molecule has 1 aliphatic rings. The number of hydrogen-bond donors (Lipinski definition) is 0. The molecule has 0 bridgehead atoms. The molecular weight excluding hydrogens is 284 g/mol. The Labute approximate surface area is 121 Å². The third-order valence-electron chi connectivity index (χ3n) is 3.53. The van der Waals surface area contributed by atoms with E-state index in [0.29, 0.717) is 19.5 Å². The summed E-state index contributed by atoms with van der Waals surface area (Å²) in [4.78, 5) is 23.9. The van der Waals surface area contributed by atoms with Crippen LogP contribution in [0.2, 0.25) is 5.02 Å². The number of benzene rings is 1. The maximum absolute atomic E-state index is 11.5. The van der Waals surface area contributed by atoms with Crippen LogP contribution >= 0.6 is 11.6 Å². The third-order valence-corrected chi connectivity index (χ3v) is 3.83. The van der Waals surface area contributed by atoms with E-state index < -0.39 is 4.92 Å². The number of nitro benzene ring substituents is 1. The van der Waals surface area contributed by atoms with E-state index >= 15 is 0 Å². The fraction of sp³-hybridized carbons (Fsp3) is 0.462. The van der Waals surface area contributed by atoms with E-state index in [1.165, 1.54) is 13.2 Å². The van der Waals surface area contributed by atoms with Gasteiger partial charge < -0.3 is 9.64 Å². The molecule has 1 atom stereocenters. The van der Waals surface area contributed by atoms with E-state index in [9.17, 15) is 14.9 Å². The molecule has 0 N–H and O–H groups in total. The summed E-state index contributed by atoms with van der Waals surface area (Å²) >= 11 is 5.94. The van der Waals surface area contributed by atoms with Crippen molar-refractivity contribution in [2.24, 2.45) is 5.92 Å². The van der Waals surface area contributed by atoms with Gasteiger partial charge in [0.25, 0.3) is 5.69 Å². The molecule has 1 heterocycles. The quantitative estimate of drug-likeness (QED) is 0.487. The number of carbonyl (C=O) groups excluding carboxylic acids is 1. The number of rotatable bonds is 3. The van der Waals surface area contributed by atoms with E-state index in [1.54, 1.807) is 13.0 Å². The van der Waals surface area contributed by atoms with E-state index in [-0.39, 0.29) is 22.6 Å². The Morgan fingerprint density at radius 1 is 1.55 bits per heavy atom. The van der Waals surface area contributed by atoms with Crippen LogP contribution in [0.3, 0.4) is 0 Å². The van der Waals surface area contributed by atoms with E-state index in [2.05, 4.69) is 0 Å². The van der Waals surface area contributed by atoms with Crippen LogP contribution in [0.5, 0.6) is 0 Å². The van der Waals surface area contributed by atoms with Crippen molar-refractivity contribution in [3.05, 3.63) is 32.8 Å². The molecular formula is C13H15ClN2O4. The molecule has 0 radical (unpaired) electrons. The van der Waals surface area contributed by atoms with Gasteiger partial charge in [-0.15, -0.1) is 0 Å². The van der Waals surface area contributed by atoms with Gasteiger partial charge in [-0.1, -0.05) is 11.6 Å². The fourth-order valence-corrected chi connectivity index (χ4v) is 2.70. The summed E-state index contributed by atoms with van der Waals surface area (Å²) in [6.07, 6.45) is 0.709. The predicted octanol–water partition coefficient (Wildman–Crippen LogP) is 2.56. The van der Waals surface area contributed by atoms with Gasteiger partial charge in [0.15, 0.2) is 0 Å². The lowest BCUT2D eigenvalue weighted by molar-refractivity contribution is -0.384. The van der Waals surface area contributed by atoms with Gasteiger partial charge in [-0.25, -0.2) is 0 Å². The molecule has 0 aliphatic carbocycles.